The maximum atomic E-state index is 12.1. The molecule has 0 spiro atoms. The average molecular weight is 277 g/mol. The summed E-state index contributed by atoms with van der Waals surface area (Å²) in [7, 11) is 0. The second-order valence-electron chi connectivity index (χ2n) is 5.22. The SMILES string of the molecule is CC(C)CCNC(=O)[C@H](Cc1ccccc1)NC(N)=O. The molecule has 20 heavy (non-hydrogen) atoms. The Morgan fingerprint density at radius 3 is 2.40 bits per heavy atom. The molecule has 0 saturated heterocycles. The first-order valence-corrected chi connectivity index (χ1v) is 6.86. The third-order valence-electron chi connectivity index (χ3n) is 2.94. The molecule has 110 valence electrons. The van der Waals surface area contributed by atoms with Gasteiger partial charge in [-0.05, 0) is 17.9 Å². The summed E-state index contributed by atoms with van der Waals surface area (Å²) in [6.45, 7) is 4.78. The molecule has 0 aromatic heterocycles. The lowest BCUT2D eigenvalue weighted by Gasteiger charge is -2.17. The number of carbonyl (C=O) groups excluding carboxylic acids is 2. The van der Waals surface area contributed by atoms with Gasteiger partial charge in [-0.2, -0.15) is 0 Å². The van der Waals surface area contributed by atoms with Gasteiger partial charge in [-0.15, -0.1) is 0 Å². The number of rotatable bonds is 7. The van der Waals surface area contributed by atoms with Crippen molar-refractivity contribution in [1.29, 1.82) is 0 Å². The zero-order chi connectivity index (χ0) is 15.0. The lowest BCUT2D eigenvalue weighted by atomic mass is 10.1. The molecule has 1 atom stereocenters. The molecule has 1 aromatic carbocycles. The van der Waals surface area contributed by atoms with Crippen LogP contribution in [0.3, 0.4) is 0 Å². The third-order valence-corrected chi connectivity index (χ3v) is 2.94. The van der Waals surface area contributed by atoms with E-state index in [-0.39, 0.29) is 5.91 Å². The van der Waals surface area contributed by atoms with Crippen LogP contribution in [-0.4, -0.2) is 24.5 Å². The van der Waals surface area contributed by atoms with Crippen LogP contribution in [0.25, 0.3) is 0 Å². The lowest BCUT2D eigenvalue weighted by Crippen LogP contribution is -2.50. The Morgan fingerprint density at radius 2 is 1.85 bits per heavy atom. The van der Waals surface area contributed by atoms with Gasteiger partial charge in [-0.25, -0.2) is 4.79 Å². The van der Waals surface area contributed by atoms with Crippen LogP contribution in [0.1, 0.15) is 25.8 Å². The van der Waals surface area contributed by atoms with Crippen LogP contribution in [0.2, 0.25) is 0 Å². The maximum Gasteiger partial charge on any atom is 0.312 e. The van der Waals surface area contributed by atoms with Crippen molar-refractivity contribution in [2.24, 2.45) is 11.7 Å². The number of benzene rings is 1. The Balaban J connectivity index is 2.59. The van der Waals surface area contributed by atoms with E-state index in [1.165, 1.54) is 0 Å². The quantitative estimate of drug-likeness (QED) is 0.704. The fraction of sp³-hybridized carbons (Fsp3) is 0.467. The highest BCUT2D eigenvalue weighted by Gasteiger charge is 2.19. The molecule has 1 aromatic rings. The van der Waals surface area contributed by atoms with Gasteiger partial charge >= 0.3 is 6.03 Å². The highest BCUT2D eigenvalue weighted by Crippen LogP contribution is 2.04. The van der Waals surface area contributed by atoms with Gasteiger partial charge in [0.1, 0.15) is 6.04 Å². The van der Waals surface area contributed by atoms with Gasteiger partial charge in [0.25, 0.3) is 0 Å². The van der Waals surface area contributed by atoms with E-state index in [0.29, 0.717) is 18.9 Å². The molecule has 0 aliphatic carbocycles. The monoisotopic (exact) mass is 277 g/mol. The van der Waals surface area contributed by atoms with Gasteiger partial charge < -0.3 is 16.4 Å². The fourth-order valence-electron chi connectivity index (χ4n) is 1.84. The molecule has 0 saturated carbocycles. The van der Waals surface area contributed by atoms with Crippen LogP contribution >= 0.6 is 0 Å². The molecular weight excluding hydrogens is 254 g/mol. The molecule has 5 heteroatoms. The second-order valence-corrected chi connectivity index (χ2v) is 5.22. The number of carbonyl (C=O) groups is 2. The molecule has 1 rings (SSSR count). The van der Waals surface area contributed by atoms with Crippen molar-refractivity contribution < 1.29 is 9.59 Å². The van der Waals surface area contributed by atoms with Gasteiger partial charge in [0.15, 0.2) is 0 Å². The molecule has 0 unspecified atom stereocenters. The minimum Gasteiger partial charge on any atom is -0.354 e. The molecule has 0 heterocycles. The lowest BCUT2D eigenvalue weighted by molar-refractivity contribution is -0.122. The molecule has 0 aliphatic rings. The Morgan fingerprint density at radius 1 is 1.20 bits per heavy atom. The predicted molar refractivity (Wildman–Crippen MR) is 79.1 cm³/mol. The van der Waals surface area contributed by atoms with Crippen molar-refractivity contribution in [1.82, 2.24) is 10.6 Å². The average Bonchev–Trinajstić information content (AvgIpc) is 2.38. The van der Waals surface area contributed by atoms with Crippen molar-refractivity contribution in [3.05, 3.63) is 35.9 Å². The number of amides is 3. The van der Waals surface area contributed by atoms with E-state index in [4.69, 9.17) is 5.73 Å². The highest BCUT2D eigenvalue weighted by molar-refractivity contribution is 5.86. The summed E-state index contributed by atoms with van der Waals surface area (Å²) < 4.78 is 0. The first-order chi connectivity index (χ1) is 9.49. The first-order valence-electron chi connectivity index (χ1n) is 6.86. The number of primary amides is 1. The minimum absolute atomic E-state index is 0.201. The number of hydrogen-bond donors (Lipinski definition) is 3. The van der Waals surface area contributed by atoms with E-state index >= 15 is 0 Å². The molecular formula is C15H23N3O2. The van der Waals surface area contributed by atoms with Crippen LogP contribution in [-0.2, 0) is 11.2 Å². The van der Waals surface area contributed by atoms with Crippen LogP contribution in [0.15, 0.2) is 30.3 Å². The van der Waals surface area contributed by atoms with E-state index in [2.05, 4.69) is 24.5 Å². The number of hydrogen-bond acceptors (Lipinski definition) is 2. The first kappa shape index (κ1) is 16.0. The predicted octanol–water partition coefficient (Wildman–Crippen LogP) is 1.43. The van der Waals surface area contributed by atoms with Crippen molar-refractivity contribution in [2.45, 2.75) is 32.7 Å². The Hall–Kier alpha value is -2.04. The van der Waals surface area contributed by atoms with Gasteiger partial charge in [-0.1, -0.05) is 44.2 Å². The Kier molecular flexibility index (Phi) is 6.56. The highest BCUT2D eigenvalue weighted by atomic mass is 16.2. The zero-order valence-electron chi connectivity index (χ0n) is 12.1. The third kappa shape index (κ3) is 6.22. The largest absolute Gasteiger partial charge is 0.354 e. The van der Waals surface area contributed by atoms with E-state index in [1.807, 2.05) is 30.3 Å². The van der Waals surface area contributed by atoms with Crippen LogP contribution in [0.5, 0.6) is 0 Å². The summed E-state index contributed by atoms with van der Waals surface area (Å²) in [6.07, 6.45) is 1.33. The van der Waals surface area contributed by atoms with Gasteiger partial charge in [0.05, 0.1) is 0 Å². The van der Waals surface area contributed by atoms with Gasteiger partial charge in [-0.3, -0.25) is 4.79 Å². The molecule has 0 radical (unpaired) electrons. The van der Waals surface area contributed by atoms with E-state index < -0.39 is 12.1 Å². The van der Waals surface area contributed by atoms with E-state index in [1.54, 1.807) is 0 Å². The van der Waals surface area contributed by atoms with E-state index in [0.717, 1.165) is 12.0 Å². The summed E-state index contributed by atoms with van der Waals surface area (Å²) in [5.74, 6) is 0.320. The van der Waals surface area contributed by atoms with Crippen molar-refractivity contribution in [3.63, 3.8) is 0 Å². The fourth-order valence-corrected chi connectivity index (χ4v) is 1.84. The molecule has 0 fully saturated rings. The molecule has 0 aliphatic heterocycles. The van der Waals surface area contributed by atoms with Crippen molar-refractivity contribution in [3.8, 4) is 0 Å². The molecule has 4 N–H and O–H groups in total. The normalized spacial score (nSPS) is 11.9. The summed E-state index contributed by atoms with van der Waals surface area (Å²) in [4.78, 5) is 23.1. The smallest absolute Gasteiger partial charge is 0.312 e. The molecule has 0 bridgehead atoms. The molecule has 3 amide bonds. The number of nitrogens with two attached hydrogens (primary N) is 1. The Bertz CT molecular complexity index is 432. The second kappa shape index (κ2) is 8.19. The number of nitrogens with one attached hydrogen (secondary N) is 2. The van der Waals surface area contributed by atoms with E-state index in [9.17, 15) is 9.59 Å². The minimum atomic E-state index is -0.690. The summed E-state index contributed by atoms with van der Waals surface area (Å²) >= 11 is 0. The summed E-state index contributed by atoms with van der Waals surface area (Å²) in [5, 5.41) is 5.32. The number of urea groups is 1. The van der Waals surface area contributed by atoms with Crippen LogP contribution in [0.4, 0.5) is 4.79 Å². The van der Waals surface area contributed by atoms with Gasteiger partial charge in [0, 0.05) is 13.0 Å². The topological polar surface area (TPSA) is 84.2 Å². The van der Waals surface area contributed by atoms with Gasteiger partial charge in [0.2, 0.25) is 5.91 Å². The summed E-state index contributed by atoms with van der Waals surface area (Å²) in [5.41, 5.74) is 6.11. The standard InChI is InChI=1S/C15H23N3O2/c1-11(2)8-9-17-14(19)13(18-15(16)20)10-12-6-4-3-5-7-12/h3-7,11,13H,8-10H2,1-2H3,(H,17,19)(H3,16,18,20)/t13-/m0/s1. The van der Waals surface area contributed by atoms with Crippen LogP contribution < -0.4 is 16.4 Å². The molecule has 5 nitrogen and oxygen atoms in total. The maximum absolute atomic E-state index is 12.1. The Labute approximate surface area is 119 Å². The van der Waals surface area contributed by atoms with Crippen molar-refractivity contribution in [2.75, 3.05) is 6.54 Å². The van der Waals surface area contributed by atoms with Crippen molar-refractivity contribution >= 4 is 11.9 Å². The zero-order valence-corrected chi connectivity index (χ0v) is 12.1. The van der Waals surface area contributed by atoms with Crippen LogP contribution in [0, 0.1) is 5.92 Å². The summed E-state index contributed by atoms with van der Waals surface area (Å²) in [6, 6.07) is 8.20.